The normalized spacial score (nSPS) is 15.6. The van der Waals surface area contributed by atoms with E-state index < -0.39 is 0 Å². The average molecular weight is 526 g/mol. The van der Waals surface area contributed by atoms with E-state index in [1.807, 2.05) is 12.1 Å². The van der Waals surface area contributed by atoms with Gasteiger partial charge in [0.2, 0.25) is 0 Å². The minimum Gasteiger partial charge on any atom is -0.491 e. The Balaban J connectivity index is 0.00000320. The van der Waals surface area contributed by atoms with Crippen LogP contribution in [0.5, 0.6) is 5.75 Å². The number of halogens is 1. The Morgan fingerprint density at radius 3 is 2.63 bits per heavy atom. The van der Waals surface area contributed by atoms with Crippen LogP contribution in [0.2, 0.25) is 0 Å². The van der Waals surface area contributed by atoms with Crippen LogP contribution in [-0.2, 0) is 5.41 Å². The third-order valence-corrected chi connectivity index (χ3v) is 5.26. The molecule has 1 saturated heterocycles. The average Bonchev–Trinajstić information content (AvgIpc) is 3.25. The van der Waals surface area contributed by atoms with E-state index >= 15 is 0 Å². The molecule has 0 spiro atoms. The van der Waals surface area contributed by atoms with Crippen LogP contribution in [0.1, 0.15) is 57.8 Å². The summed E-state index contributed by atoms with van der Waals surface area (Å²) in [5.74, 6) is 3.37. The Morgan fingerprint density at radius 2 is 2.00 bits per heavy atom. The summed E-state index contributed by atoms with van der Waals surface area (Å²) in [6, 6.07) is 8.28. The Hall–Kier alpha value is -1.84. The molecular formula is C22H35IN6O. The topological polar surface area (TPSA) is 78.4 Å². The first-order valence-corrected chi connectivity index (χ1v) is 10.6. The first-order valence-electron chi connectivity index (χ1n) is 10.6. The molecule has 0 bridgehead atoms. The van der Waals surface area contributed by atoms with Gasteiger partial charge in [0, 0.05) is 25.6 Å². The maximum absolute atomic E-state index is 6.07. The van der Waals surface area contributed by atoms with E-state index in [9.17, 15) is 0 Å². The van der Waals surface area contributed by atoms with Crippen molar-refractivity contribution in [1.29, 1.82) is 0 Å². The van der Waals surface area contributed by atoms with Crippen LogP contribution in [0.25, 0.3) is 0 Å². The third kappa shape index (κ3) is 6.58. The lowest BCUT2D eigenvalue weighted by molar-refractivity contribution is 0.294. The number of guanidine groups is 1. The lowest BCUT2D eigenvalue weighted by Crippen LogP contribution is -2.45. The van der Waals surface area contributed by atoms with Gasteiger partial charge in [0.25, 0.3) is 0 Å². The quantitative estimate of drug-likeness (QED) is 0.258. The third-order valence-electron chi connectivity index (χ3n) is 5.26. The number of rotatable bonds is 6. The van der Waals surface area contributed by atoms with E-state index in [0.717, 1.165) is 50.0 Å². The van der Waals surface area contributed by atoms with Crippen LogP contribution in [-0.4, -0.2) is 58.8 Å². The van der Waals surface area contributed by atoms with Crippen molar-refractivity contribution in [3.05, 3.63) is 42.0 Å². The van der Waals surface area contributed by atoms with Gasteiger partial charge in [0.1, 0.15) is 24.5 Å². The van der Waals surface area contributed by atoms with Crippen molar-refractivity contribution in [2.75, 3.05) is 32.8 Å². The number of aromatic amines is 1. The first kappa shape index (κ1) is 24.4. The lowest BCUT2D eigenvalue weighted by Gasteiger charge is -2.33. The number of benzene rings is 1. The van der Waals surface area contributed by atoms with Gasteiger partial charge in [-0.25, -0.2) is 9.98 Å². The highest BCUT2D eigenvalue weighted by Crippen LogP contribution is 2.30. The number of aromatic nitrogens is 3. The van der Waals surface area contributed by atoms with E-state index in [-0.39, 0.29) is 29.4 Å². The molecule has 0 unspecified atom stereocenters. The van der Waals surface area contributed by atoms with Crippen LogP contribution in [0.4, 0.5) is 0 Å². The molecule has 0 radical (unpaired) electrons. The van der Waals surface area contributed by atoms with E-state index in [0.29, 0.717) is 19.1 Å². The summed E-state index contributed by atoms with van der Waals surface area (Å²) >= 11 is 0. The van der Waals surface area contributed by atoms with Crippen molar-refractivity contribution in [2.24, 2.45) is 4.99 Å². The van der Waals surface area contributed by atoms with Crippen LogP contribution in [0.15, 0.2) is 35.6 Å². The van der Waals surface area contributed by atoms with Gasteiger partial charge >= 0.3 is 0 Å². The number of ether oxygens (including phenoxy) is 1. The number of piperidine rings is 1. The molecular weight excluding hydrogens is 491 g/mol. The predicted molar refractivity (Wildman–Crippen MR) is 132 cm³/mol. The molecule has 8 heteroatoms. The molecule has 0 saturated carbocycles. The number of H-pyrrole nitrogens is 1. The van der Waals surface area contributed by atoms with E-state index in [1.54, 1.807) is 6.33 Å². The molecule has 2 N–H and O–H groups in total. The van der Waals surface area contributed by atoms with Gasteiger partial charge in [-0.2, -0.15) is 5.10 Å². The molecule has 0 aliphatic carbocycles. The molecule has 1 aromatic heterocycles. The fourth-order valence-electron chi connectivity index (χ4n) is 3.72. The predicted octanol–water partition coefficient (Wildman–Crippen LogP) is 3.94. The van der Waals surface area contributed by atoms with E-state index in [1.165, 1.54) is 5.56 Å². The van der Waals surface area contributed by atoms with Crippen LogP contribution >= 0.6 is 24.0 Å². The molecule has 166 valence electrons. The van der Waals surface area contributed by atoms with Crippen molar-refractivity contribution in [3.63, 3.8) is 0 Å². The number of nitrogens with zero attached hydrogens (tertiary/aromatic N) is 4. The summed E-state index contributed by atoms with van der Waals surface area (Å²) in [4.78, 5) is 11.4. The van der Waals surface area contributed by atoms with Gasteiger partial charge in [0.05, 0.1) is 6.54 Å². The van der Waals surface area contributed by atoms with Gasteiger partial charge in [0.15, 0.2) is 5.96 Å². The Labute approximate surface area is 197 Å². The smallest absolute Gasteiger partial charge is 0.194 e. The summed E-state index contributed by atoms with van der Waals surface area (Å²) in [5, 5.41) is 10.4. The van der Waals surface area contributed by atoms with Crippen molar-refractivity contribution < 1.29 is 4.74 Å². The van der Waals surface area contributed by atoms with Gasteiger partial charge < -0.3 is 15.0 Å². The summed E-state index contributed by atoms with van der Waals surface area (Å²) in [6.45, 7) is 12.7. The molecule has 3 rings (SSSR count). The fourth-order valence-corrected chi connectivity index (χ4v) is 3.72. The maximum Gasteiger partial charge on any atom is 0.194 e. The maximum atomic E-state index is 6.07. The zero-order valence-corrected chi connectivity index (χ0v) is 20.8. The molecule has 0 atom stereocenters. The van der Waals surface area contributed by atoms with E-state index in [2.05, 4.69) is 65.2 Å². The van der Waals surface area contributed by atoms with Gasteiger partial charge in [-0.15, -0.1) is 24.0 Å². The van der Waals surface area contributed by atoms with Crippen LogP contribution in [0, 0.1) is 0 Å². The van der Waals surface area contributed by atoms with Gasteiger partial charge in [-0.1, -0.05) is 39.0 Å². The summed E-state index contributed by atoms with van der Waals surface area (Å²) in [5.41, 5.74) is 1.29. The second-order valence-electron chi connectivity index (χ2n) is 8.46. The van der Waals surface area contributed by atoms with Crippen molar-refractivity contribution in [3.8, 4) is 5.75 Å². The molecule has 30 heavy (non-hydrogen) atoms. The number of para-hydroxylation sites is 1. The molecule has 2 aromatic rings. The minimum absolute atomic E-state index is 0. The number of nitrogens with one attached hydrogen (secondary N) is 2. The molecule has 7 nitrogen and oxygen atoms in total. The zero-order valence-electron chi connectivity index (χ0n) is 18.5. The second kappa shape index (κ2) is 11.5. The monoisotopic (exact) mass is 526 g/mol. The Bertz CT molecular complexity index is 779. The standard InChI is InChI=1S/C22H34N6O.HI/c1-5-23-21(28-13-10-17(11-14-28)20-25-16-26-27-20)24-12-15-29-19-9-7-6-8-18(19)22(2,3)4;/h6-9,16-17H,5,10-15H2,1-4H3,(H,23,24)(H,25,26,27);1H. The highest BCUT2D eigenvalue weighted by Gasteiger charge is 2.24. The molecule has 2 heterocycles. The van der Waals surface area contributed by atoms with Crippen LogP contribution < -0.4 is 10.1 Å². The second-order valence-corrected chi connectivity index (χ2v) is 8.46. The van der Waals surface area contributed by atoms with Crippen LogP contribution in [0.3, 0.4) is 0 Å². The van der Waals surface area contributed by atoms with Gasteiger partial charge in [-0.05, 0) is 36.8 Å². The highest BCUT2D eigenvalue weighted by atomic mass is 127. The molecule has 1 aromatic carbocycles. The van der Waals surface area contributed by atoms with Gasteiger partial charge in [-0.3, -0.25) is 5.10 Å². The van der Waals surface area contributed by atoms with Crippen molar-refractivity contribution in [1.82, 2.24) is 25.4 Å². The first-order chi connectivity index (χ1) is 14.0. The van der Waals surface area contributed by atoms with Crippen molar-refractivity contribution >= 4 is 29.9 Å². The number of hydrogen-bond donors (Lipinski definition) is 2. The minimum atomic E-state index is 0. The highest BCUT2D eigenvalue weighted by molar-refractivity contribution is 14.0. The largest absolute Gasteiger partial charge is 0.491 e. The lowest BCUT2D eigenvalue weighted by atomic mass is 9.86. The Kier molecular flexibility index (Phi) is 9.38. The molecule has 1 aliphatic rings. The number of aliphatic imine (C=N–C) groups is 1. The van der Waals surface area contributed by atoms with E-state index in [4.69, 9.17) is 9.73 Å². The summed E-state index contributed by atoms with van der Waals surface area (Å²) in [7, 11) is 0. The molecule has 0 amide bonds. The Morgan fingerprint density at radius 1 is 1.27 bits per heavy atom. The summed E-state index contributed by atoms with van der Waals surface area (Å²) < 4.78 is 6.07. The number of hydrogen-bond acceptors (Lipinski definition) is 4. The number of likely N-dealkylation sites (tertiary alicyclic amines) is 1. The SMILES string of the molecule is CCNC(=NCCOc1ccccc1C(C)(C)C)N1CCC(c2ncn[nH]2)CC1.I. The fraction of sp³-hybridized carbons (Fsp3) is 0.591. The summed E-state index contributed by atoms with van der Waals surface area (Å²) in [6.07, 6.45) is 3.69. The molecule has 1 fully saturated rings. The van der Waals surface area contributed by atoms with Crippen molar-refractivity contribution in [2.45, 2.75) is 51.9 Å². The molecule has 1 aliphatic heterocycles. The zero-order chi connectivity index (χ0) is 20.7.